The third kappa shape index (κ3) is 2.39. The van der Waals surface area contributed by atoms with Gasteiger partial charge in [-0.3, -0.25) is 0 Å². The highest BCUT2D eigenvalue weighted by molar-refractivity contribution is 7.20. The van der Waals surface area contributed by atoms with E-state index in [1.807, 2.05) is 65.5 Å². The first kappa shape index (κ1) is 12.1. The molecule has 0 saturated carbocycles. The lowest BCUT2D eigenvalue weighted by Crippen LogP contribution is -1.93. The number of rotatable bonds is 3. The molecule has 0 amide bonds. The highest BCUT2D eigenvalue weighted by Gasteiger charge is 2.05. The zero-order valence-corrected chi connectivity index (χ0v) is 11.8. The van der Waals surface area contributed by atoms with E-state index in [1.54, 1.807) is 17.5 Å². The van der Waals surface area contributed by atoms with Crippen LogP contribution < -0.4 is 4.74 Å². The third-order valence-electron chi connectivity index (χ3n) is 3.09. The molecule has 2 heterocycles. The molecule has 0 aliphatic carbocycles. The Morgan fingerprint density at radius 3 is 2.57 bits per heavy atom. The second kappa shape index (κ2) is 5.03. The monoisotopic (exact) mass is 293 g/mol. The van der Waals surface area contributed by atoms with Crippen LogP contribution in [0.2, 0.25) is 0 Å². The fourth-order valence-corrected chi connectivity index (χ4v) is 2.92. The zero-order chi connectivity index (χ0) is 14.1. The lowest BCUT2D eigenvalue weighted by Gasteiger charge is -2.04. The summed E-state index contributed by atoms with van der Waals surface area (Å²) >= 11 is 1.54. The second-order valence-corrected chi connectivity index (χ2v) is 5.49. The second-order valence-electron chi connectivity index (χ2n) is 4.49. The molecule has 4 aromatic rings. The van der Waals surface area contributed by atoms with Gasteiger partial charge in [0.25, 0.3) is 5.19 Å². The number of nitrogens with zero attached hydrogens (tertiary/aromatic N) is 3. The molecule has 4 nitrogen and oxygen atoms in total. The Morgan fingerprint density at radius 2 is 1.81 bits per heavy atom. The van der Waals surface area contributed by atoms with Crippen LogP contribution in [0, 0.1) is 0 Å². The molecule has 2 aromatic carbocycles. The number of ether oxygens (including phenoxy) is 1. The Bertz CT molecular complexity index is 833. The van der Waals surface area contributed by atoms with Crippen molar-refractivity contribution in [1.29, 1.82) is 0 Å². The molecule has 4 rings (SSSR count). The molecule has 0 unspecified atom stereocenters. The molecule has 2 aromatic heterocycles. The van der Waals surface area contributed by atoms with E-state index in [4.69, 9.17) is 4.74 Å². The van der Waals surface area contributed by atoms with Crippen LogP contribution >= 0.6 is 11.3 Å². The molecule has 5 heteroatoms. The van der Waals surface area contributed by atoms with Gasteiger partial charge >= 0.3 is 0 Å². The number of hydrogen-bond acceptors (Lipinski definition) is 4. The molecule has 0 aliphatic rings. The van der Waals surface area contributed by atoms with E-state index in [9.17, 15) is 0 Å². The smallest absolute Gasteiger partial charge is 0.279 e. The lowest BCUT2D eigenvalue weighted by molar-refractivity contribution is 0.480. The Hall–Kier alpha value is -2.66. The first-order chi connectivity index (χ1) is 10.4. The molecule has 0 aliphatic heterocycles. The summed E-state index contributed by atoms with van der Waals surface area (Å²) in [5, 5.41) is 4.85. The minimum absolute atomic E-state index is 0.656. The zero-order valence-electron chi connectivity index (χ0n) is 11.0. The molecule has 102 valence electrons. The van der Waals surface area contributed by atoms with Crippen molar-refractivity contribution < 1.29 is 4.74 Å². The maximum Gasteiger partial charge on any atom is 0.279 e. The van der Waals surface area contributed by atoms with Crippen molar-refractivity contribution >= 4 is 21.6 Å². The van der Waals surface area contributed by atoms with Crippen LogP contribution in [-0.4, -0.2) is 14.8 Å². The summed E-state index contributed by atoms with van der Waals surface area (Å²) in [5.74, 6) is 0.768. The quantitative estimate of drug-likeness (QED) is 0.566. The number of thiazole rings is 1. The average molecular weight is 293 g/mol. The predicted molar refractivity (Wildman–Crippen MR) is 83.3 cm³/mol. The van der Waals surface area contributed by atoms with Crippen molar-refractivity contribution in [1.82, 2.24) is 14.8 Å². The van der Waals surface area contributed by atoms with Crippen molar-refractivity contribution in [3.63, 3.8) is 0 Å². The normalized spacial score (nSPS) is 10.9. The minimum Gasteiger partial charge on any atom is -0.431 e. The van der Waals surface area contributed by atoms with Gasteiger partial charge in [-0.1, -0.05) is 23.5 Å². The fourth-order valence-electron chi connectivity index (χ4n) is 2.08. The van der Waals surface area contributed by atoms with E-state index in [0.717, 1.165) is 21.7 Å². The van der Waals surface area contributed by atoms with Crippen molar-refractivity contribution in [3.8, 4) is 16.6 Å². The average Bonchev–Trinajstić information content (AvgIpc) is 3.17. The van der Waals surface area contributed by atoms with E-state index in [0.29, 0.717) is 5.19 Å². The molecule has 0 bridgehead atoms. The fraction of sp³-hybridized carbons (Fsp3) is 0. The van der Waals surface area contributed by atoms with Crippen molar-refractivity contribution in [2.75, 3.05) is 0 Å². The SMILES string of the molecule is c1ccc2sc(Oc3ccc(-n4cccn4)cc3)nc2c1. The maximum absolute atomic E-state index is 5.81. The molecule has 0 spiro atoms. The van der Waals surface area contributed by atoms with Gasteiger partial charge in [-0.05, 0) is 42.5 Å². The van der Waals surface area contributed by atoms with E-state index >= 15 is 0 Å². The number of fused-ring (bicyclic) bond motifs is 1. The van der Waals surface area contributed by atoms with Gasteiger partial charge in [-0.2, -0.15) is 5.10 Å². The number of aromatic nitrogens is 3. The molecule has 0 N–H and O–H groups in total. The summed E-state index contributed by atoms with van der Waals surface area (Å²) < 4.78 is 8.75. The van der Waals surface area contributed by atoms with Crippen molar-refractivity contribution in [2.24, 2.45) is 0 Å². The Balaban J connectivity index is 1.59. The van der Waals surface area contributed by atoms with Gasteiger partial charge in [-0.15, -0.1) is 0 Å². The summed E-state index contributed by atoms with van der Waals surface area (Å²) in [6.07, 6.45) is 3.66. The number of benzene rings is 2. The van der Waals surface area contributed by atoms with Gasteiger partial charge in [0.1, 0.15) is 5.75 Å². The van der Waals surface area contributed by atoms with Crippen LogP contribution in [0.15, 0.2) is 67.0 Å². The molecule has 0 atom stereocenters. The summed E-state index contributed by atoms with van der Waals surface area (Å²) in [5.41, 5.74) is 1.96. The lowest BCUT2D eigenvalue weighted by atomic mass is 10.3. The molecular formula is C16H11N3OS. The molecule has 0 fully saturated rings. The third-order valence-corrected chi connectivity index (χ3v) is 4.00. The predicted octanol–water partition coefficient (Wildman–Crippen LogP) is 4.27. The summed E-state index contributed by atoms with van der Waals surface area (Å²) in [7, 11) is 0. The van der Waals surface area contributed by atoms with Crippen LogP contribution in [0.5, 0.6) is 10.9 Å². The summed E-state index contributed by atoms with van der Waals surface area (Å²) in [4.78, 5) is 4.46. The standard InChI is InChI=1S/C16H11N3OS/c1-2-5-15-14(4-1)18-16(21-15)20-13-8-6-12(7-9-13)19-11-3-10-17-19/h1-11H. The molecular weight excluding hydrogens is 282 g/mol. The van der Waals surface area contributed by atoms with E-state index in [-0.39, 0.29) is 0 Å². The molecule has 21 heavy (non-hydrogen) atoms. The van der Waals surface area contributed by atoms with Gasteiger partial charge in [0, 0.05) is 12.4 Å². The van der Waals surface area contributed by atoms with Crippen molar-refractivity contribution in [3.05, 3.63) is 67.0 Å². The highest BCUT2D eigenvalue weighted by Crippen LogP contribution is 2.31. The van der Waals surface area contributed by atoms with Crippen LogP contribution in [0.25, 0.3) is 15.9 Å². The van der Waals surface area contributed by atoms with E-state index in [2.05, 4.69) is 10.1 Å². The van der Waals surface area contributed by atoms with Gasteiger partial charge in [-0.25, -0.2) is 9.67 Å². The number of para-hydroxylation sites is 1. The molecule has 0 saturated heterocycles. The first-order valence-electron chi connectivity index (χ1n) is 6.52. The van der Waals surface area contributed by atoms with Gasteiger partial charge in [0.05, 0.1) is 15.9 Å². The molecule has 0 radical (unpaired) electrons. The Morgan fingerprint density at radius 1 is 0.952 bits per heavy atom. The van der Waals surface area contributed by atoms with Gasteiger partial charge < -0.3 is 4.74 Å². The van der Waals surface area contributed by atoms with Crippen LogP contribution in [0.3, 0.4) is 0 Å². The Kier molecular flexibility index (Phi) is 2.90. The highest BCUT2D eigenvalue weighted by atomic mass is 32.1. The van der Waals surface area contributed by atoms with E-state index < -0.39 is 0 Å². The Labute approximate surface area is 125 Å². The largest absolute Gasteiger partial charge is 0.431 e. The van der Waals surface area contributed by atoms with Crippen molar-refractivity contribution in [2.45, 2.75) is 0 Å². The summed E-state index contributed by atoms with van der Waals surface area (Å²) in [6, 6.07) is 17.7. The van der Waals surface area contributed by atoms with Crippen LogP contribution in [-0.2, 0) is 0 Å². The minimum atomic E-state index is 0.656. The van der Waals surface area contributed by atoms with Gasteiger partial charge in [0.15, 0.2) is 0 Å². The first-order valence-corrected chi connectivity index (χ1v) is 7.34. The van der Waals surface area contributed by atoms with Crippen LogP contribution in [0.4, 0.5) is 0 Å². The topological polar surface area (TPSA) is 39.9 Å². The van der Waals surface area contributed by atoms with Crippen LogP contribution in [0.1, 0.15) is 0 Å². The van der Waals surface area contributed by atoms with Gasteiger partial charge in [0.2, 0.25) is 0 Å². The number of hydrogen-bond donors (Lipinski definition) is 0. The summed E-state index contributed by atoms with van der Waals surface area (Å²) in [6.45, 7) is 0. The van der Waals surface area contributed by atoms with E-state index in [1.165, 1.54) is 0 Å². The maximum atomic E-state index is 5.81.